The lowest BCUT2D eigenvalue weighted by Gasteiger charge is -2.13. The fourth-order valence-corrected chi connectivity index (χ4v) is 1.58. The first-order chi connectivity index (χ1) is 8.97. The van der Waals surface area contributed by atoms with Crippen molar-refractivity contribution in [1.29, 1.82) is 0 Å². The average Bonchev–Trinajstić information content (AvgIpc) is 2.37. The Morgan fingerprint density at radius 1 is 0.947 bits per heavy atom. The summed E-state index contributed by atoms with van der Waals surface area (Å²) in [7, 11) is 0. The lowest BCUT2D eigenvalue weighted by molar-refractivity contribution is -0.139. The molecule has 100 valence electrons. The zero-order chi connectivity index (χ0) is 13.9. The van der Waals surface area contributed by atoms with Crippen molar-refractivity contribution < 1.29 is 23.0 Å². The van der Waals surface area contributed by atoms with Gasteiger partial charge in [-0.3, -0.25) is 0 Å². The van der Waals surface area contributed by atoms with Gasteiger partial charge in [0.15, 0.2) is 0 Å². The number of rotatable bonds is 3. The number of benzene rings is 2. The maximum absolute atomic E-state index is 12.7. The normalized spacial score (nSPS) is 11.3. The van der Waals surface area contributed by atoms with E-state index < -0.39 is 11.7 Å². The van der Waals surface area contributed by atoms with Crippen LogP contribution in [-0.4, -0.2) is 5.11 Å². The van der Waals surface area contributed by atoms with Crippen LogP contribution in [0.3, 0.4) is 0 Å². The number of hydrogen-bond donors (Lipinski definition) is 1. The van der Waals surface area contributed by atoms with E-state index in [1.807, 2.05) is 0 Å². The van der Waals surface area contributed by atoms with Gasteiger partial charge in [0, 0.05) is 0 Å². The lowest BCUT2D eigenvalue weighted by atomic mass is 10.2. The number of phenolic OH excluding ortho intramolecular Hbond substituents is 1. The van der Waals surface area contributed by atoms with Gasteiger partial charge in [0.1, 0.15) is 18.1 Å². The van der Waals surface area contributed by atoms with E-state index in [0.717, 1.165) is 6.07 Å². The van der Waals surface area contributed by atoms with Gasteiger partial charge in [0.05, 0.1) is 5.56 Å². The van der Waals surface area contributed by atoms with Crippen LogP contribution in [0.25, 0.3) is 0 Å². The standard InChI is InChI=1S/C14H11F3O2/c15-14(16,17)12-3-1-2-4-13(12)19-9-10-5-7-11(18)8-6-10/h1-8,18H,9H2. The van der Waals surface area contributed by atoms with E-state index in [-0.39, 0.29) is 18.1 Å². The Bertz CT molecular complexity index is 547. The number of ether oxygens (including phenoxy) is 1. The summed E-state index contributed by atoms with van der Waals surface area (Å²) in [4.78, 5) is 0. The van der Waals surface area contributed by atoms with Crippen LogP contribution in [-0.2, 0) is 12.8 Å². The maximum Gasteiger partial charge on any atom is 0.419 e. The maximum atomic E-state index is 12.7. The summed E-state index contributed by atoms with van der Waals surface area (Å²) >= 11 is 0. The minimum absolute atomic E-state index is 0.00731. The molecule has 0 amide bonds. The highest BCUT2D eigenvalue weighted by Gasteiger charge is 2.33. The number of hydrogen-bond acceptors (Lipinski definition) is 2. The van der Waals surface area contributed by atoms with Crippen LogP contribution in [0, 0.1) is 0 Å². The highest BCUT2D eigenvalue weighted by molar-refractivity contribution is 5.36. The number of halogens is 3. The molecule has 0 unspecified atom stereocenters. The van der Waals surface area contributed by atoms with Gasteiger partial charge in [0.2, 0.25) is 0 Å². The molecule has 0 bridgehead atoms. The molecular formula is C14H11F3O2. The zero-order valence-corrected chi connectivity index (χ0v) is 9.82. The Labute approximate surface area is 108 Å². The van der Waals surface area contributed by atoms with Crippen molar-refractivity contribution in [3.05, 3.63) is 59.7 Å². The SMILES string of the molecule is Oc1ccc(COc2ccccc2C(F)(F)F)cc1. The first-order valence-corrected chi connectivity index (χ1v) is 5.54. The minimum atomic E-state index is -4.44. The van der Waals surface area contributed by atoms with Gasteiger partial charge in [0.25, 0.3) is 0 Å². The molecule has 0 atom stereocenters. The molecule has 2 aromatic rings. The van der Waals surface area contributed by atoms with E-state index in [9.17, 15) is 13.2 Å². The second-order valence-electron chi connectivity index (χ2n) is 3.95. The third-order valence-electron chi connectivity index (χ3n) is 2.52. The molecule has 0 saturated heterocycles. The molecule has 0 aliphatic heterocycles. The van der Waals surface area contributed by atoms with Crippen molar-refractivity contribution in [3.8, 4) is 11.5 Å². The zero-order valence-electron chi connectivity index (χ0n) is 9.82. The van der Waals surface area contributed by atoms with Crippen molar-refractivity contribution in [2.24, 2.45) is 0 Å². The molecule has 5 heteroatoms. The number of phenols is 1. The molecular weight excluding hydrogens is 257 g/mol. The molecule has 0 aromatic heterocycles. The summed E-state index contributed by atoms with van der Waals surface area (Å²) in [6, 6.07) is 11.1. The molecule has 2 rings (SSSR count). The van der Waals surface area contributed by atoms with Crippen molar-refractivity contribution in [1.82, 2.24) is 0 Å². The second-order valence-corrected chi connectivity index (χ2v) is 3.95. The van der Waals surface area contributed by atoms with E-state index >= 15 is 0 Å². The van der Waals surface area contributed by atoms with Gasteiger partial charge in [-0.15, -0.1) is 0 Å². The molecule has 2 nitrogen and oxygen atoms in total. The van der Waals surface area contributed by atoms with Crippen molar-refractivity contribution in [3.63, 3.8) is 0 Å². The Hall–Kier alpha value is -2.17. The van der Waals surface area contributed by atoms with E-state index in [4.69, 9.17) is 9.84 Å². The van der Waals surface area contributed by atoms with E-state index in [2.05, 4.69) is 0 Å². The number of aromatic hydroxyl groups is 1. The predicted molar refractivity (Wildman–Crippen MR) is 63.9 cm³/mol. The summed E-state index contributed by atoms with van der Waals surface area (Å²) in [5.74, 6) is -0.109. The Kier molecular flexibility index (Phi) is 3.64. The van der Waals surface area contributed by atoms with Gasteiger partial charge in [-0.1, -0.05) is 24.3 Å². The molecule has 0 heterocycles. The van der Waals surface area contributed by atoms with Gasteiger partial charge in [-0.2, -0.15) is 13.2 Å². The largest absolute Gasteiger partial charge is 0.508 e. The number of para-hydroxylation sites is 1. The Morgan fingerprint density at radius 3 is 2.21 bits per heavy atom. The van der Waals surface area contributed by atoms with E-state index in [0.29, 0.717) is 5.56 Å². The van der Waals surface area contributed by atoms with Crippen molar-refractivity contribution in [2.75, 3.05) is 0 Å². The van der Waals surface area contributed by atoms with Gasteiger partial charge in [-0.25, -0.2) is 0 Å². The third kappa shape index (κ3) is 3.40. The molecule has 19 heavy (non-hydrogen) atoms. The molecule has 0 fully saturated rings. The average molecular weight is 268 g/mol. The molecule has 0 spiro atoms. The van der Waals surface area contributed by atoms with Crippen molar-refractivity contribution in [2.45, 2.75) is 12.8 Å². The van der Waals surface area contributed by atoms with Crippen LogP contribution < -0.4 is 4.74 Å². The second kappa shape index (κ2) is 5.22. The van der Waals surface area contributed by atoms with Crippen LogP contribution in [0.4, 0.5) is 13.2 Å². The number of alkyl halides is 3. The van der Waals surface area contributed by atoms with Gasteiger partial charge in [-0.05, 0) is 29.8 Å². The molecule has 0 aliphatic carbocycles. The minimum Gasteiger partial charge on any atom is -0.508 e. The van der Waals surface area contributed by atoms with Crippen LogP contribution >= 0.6 is 0 Å². The summed E-state index contributed by atoms with van der Waals surface area (Å²) in [5.41, 5.74) is -0.122. The van der Waals surface area contributed by atoms with E-state index in [1.54, 1.807) is 12.1 Å². The Morgan fingerprint density at radius 2 is 1.58 bits per heavy atom. The van der Waals surface area contributed by atoms with Crippen LogP contribution in [0.1, 0.15) is 11.1 Å². The smallest absolute Gasteiger partial charge is 0.419 e. The van der Waals surface area contributed by atoms with Crippen LogP contribution in [0.15, 0.2) is 48.5 Å². The summed E-state index contributed by atoms with van der Waals surface area (Å²) in [5, 5.41) is 9.10. The molecule has 1 N–H and O–H groups in total. The predicted octanol–water partition coefficient (Wildman–Crippen LogP) is 3.99. The van der Waals surface area contributed by atoms with Crippen LogP contribution in [0.5, 0.6) is 11.5 Å². The Balaban J connectivity index is 2.14. The monoisotopic (exact) mass is 268 g/mol. The first kappa shape index (κ1) is 13.3. The summed E-state index contributed by atoms with van der Waals surface area (Å²) in [6.07, 6.45) is -4.44. The van der Waals surface area contributed by atoms with Crippen molar-refractivity contribution >= 4 is 0 Å². The summed E-state index contributed by atoms with van der Waals surface area (Å²) < 4.78 is 43.3. The van der Waals surface area contributed by atoms with E-state index in [1.165, 1.54) is 30.3 Å². The highest BCUT2D eigenvalue weighted by Crippen LogP contribution is 2.36. The quantitative estimate of drug-likeness (QED) is 0.912. The fraction of sp³-hybridized carbons (Fsp3) is 0.143. The lowest BCUT2D eigenvalue weighted by Crippen LogP contribution is -2.08. The topological polar surface area (TPSA) is 29.5 Å². The van der Waals surface area contributed by atoms with Crippen LogP contribution in [0.2, 0.25) is 0 Å². The molecule has 0 aliphatic rings. The van der Waals surface area contributed by atoms with Gasteiger partial charge >= 0.3 is 6.18 Å². The molecule has 2 aromatic carbocycles. The summed E-state index contributed by atoms with van der Waals surface area (Å²) in [6.45, 7) is 0.00731. The molecule has 0 radical (unpaired) electrons. The molecule has 0 saturated carbocycles. The third-order valence-corrected chi connectivity index (χ3v) is 2.52. The first-order valence-electron chi connectivity index (χ1n) is 5.54. The van der Waals surface area contributed by atoms with Gasteiger partial charge < -0.3 is 9.84 Å². The highest BCUT2D eigenvalue weighted by atomic mass is 19.4. The fourth-order valence-electron chi connectivity index (χ4n) is 1.58.